The minimum atomic E-state index is -0.826. The maximum absolute atomic E-state index is 6.94. The fraction of sp³-hybridized carbons (Fsp3) is 0.368. The van der Waals surface area contributed by atoms with E-state index >= 15 is 0 Å². The molecule has 0 saturated heterocycles. The Bertz CT molecular complexity index is 622. The molecule has 1 radical (unpaired) electrons. The molecule has 2 aromatic rings. The Morgan fingerprint density at radius 3 is 2.04 bits per heavy atom. The van der Waals surface area contributed by atoms with Crippen molar-refractivity contribution in [1.82, 2.24) is 0 Å². The quantitative estimate of drug-likeness (QED) is 0.230. The maximum atomic E-state index is 6.94. The number of hydrogen-bond donors (Lipinski definition) is 0. The molecule has 0 heterocycles. The molecule has 0 atom stereocenters. The Hall–Kier alpha value is 0.370. The summed E-state index contributed by atoms with van der Waals surface area (Å²) in [6, 6.07) is 15.7. The van der Waals surface area contributed by atoms with E-state index in [4.69, 9.17) is 34.4 Å². The average molecular weight is 493 g/mol. The van der Waals surface area contributed by atoms with Crippen LogP contribution in [0.4, 0.5) is 0 Å². The number of nitrogens with one attached hydrogen (secondary N) is 1. The van der Waals surface area contributed by atoms with Crippen LogP contribution in [0.5, 0.6) is 0 Å². The third kappa shape index (κ3) is 11.6. The molecule has 2 aromatic carbocycles. The number of benzene rings is 2. The van der Waals surface area contributed by atoms with Gasteiger partial charge in [0.25, 0.3) is 0 Å². The predicted molar refractivity (Wildman–Crippen MR) is 113 cm³/mol. The van der Waals surface area contributed by atoms with Crippen LogP contribution in [0.3, 0.4) is 0 Å². The standard InChI is InChI=1S/C13H8Cl.C4H10N.C2H7Si.2ClH.Zr/c14-11-5-6-13-10(8-11)7-9-3-1-2-4-12(9)13;1-4(2,3)5;1-3-2;;;/h1-6H,7H2;5H,1-3H3;3H,1-2H3;2*1H;/q2*-1;;;;+4/p-2. The van der Waals surface area contributed by atoms with Crippen LogP contribution in [-0.2, 0) is 27.3 Å². The average Bonchev–Trinajstić information content (AvgIpc) is 2.84. The Balaban J connectivity index is 0.000000441. The number of hydrogen-bond acceptors (Lipinski definition) is 0. The van der Waals surface area contributed by atoms with E-state index in [0.29, 0.717) is 5.02 Å². The van der Waals surface area contributed by atoms with E-state index in [-0.39, 0.29) is 5.54 Å². The molecule has 0 bridgehead atoms. The fourth-order valence-corrected chi connectivity index (χ4v) is 2.21. The van der Waals surface area contributed by atoms with E-state index in [2.05, 4.69) is 49.5 Å². The van der Waals surface area contributed by atoms with Crippen LogP contribution in [0.25, 0.3) is 16.9 Å². The first-order chi connectivity index (χ1) is 11.7. The van der Waals surface area contributed by atoms with Crippen molar-refractivity contribution < 1.29 is 20.8 Å². The van der Waals surface area contributed by atoms with Crippen molar-refractivity contribution in [2.24, 2.45) is 0 Å². The van der Waals surface area contributed by atoms with Gasteiger partial charge in [0.15, 0.2) is 0 Å². The van der Waals surface area contributed by atoms with Gasteiger partial charge >= 0.3 is 37.9 Å². The molecular formula is C19H25Cl3NSiZr. The van der Waals surface area contributed by atoms with E-state index in [1.807, 2.05) is 26.8 Å². The van der Waals surface area contributed by atoms with Gasteiger partial charge in [0.2, 0.25) is 0 Å². The van der Waals surface area contributed by atoms with Crippen molar-refractivity contribution in [1.29, 1.82) is 0 Å². The normalized spacial score (nSPS) is 10.4. The van der Waals surface area contributed by atoms with Crippen LogP contribution in [-0.4, -0.2) is 15.1 Å². The first-order valence-corrected chi connectivity index (χ1v) is 16.9. The molecule has 0 aromatic heterocycles. The summed E-state index contributed by atoms with van der Waals surface area (Å²) < 4.78 is 0. The van der Waals surface area contributed by atoms with Gasteiger partial charge in [-0.05, 0) is 6.42 Å². The Kier molecular flexibility index (Phi) is 13.7. The van der Waals surface area contributed by atoms with Crippen molar-refractivity contribution in [3.05, 3.63) is 64.3 Å². The zero-order valence-electron chi connectivity index (χ0n) is 15.4. The number of halogens is 3. The van der Waals surface area contributed by atoms with Crippen LogP contribution in [0.1, 0.15) is 31.9 Å². The van der Waals surface area contributed by atoms with Crippen LogP contribution in [0, 0.1) is 6.07 Å². The molecule has 1 aliphatic carbocycles. The SMILES string of the molecule is CC(C)(C)[NH-].C[SiH]C.Clc1[c-]c2c(cc1)-c1ccccc1C2.[Cl][Zr+2][Cl]. The molecular weight excluding hydrogens is 468 g/mol. The zero-order chi connectivity index (χ0) is 19.5. The van der Waals surface area contributed by atoms with Gasteiger partial charge < -0.3 is 5.73 Å². The van der Waals surface area contributed by atoms with E-state index in [9.17, 15) is 0 Å². The van der Waals surface area contributed by atoms with Crippen LogP contribution in [0.15, 0.2) is 36.4 Å². The summed E-state index contributed by atoms with van der Waals surface area (Å²) in [7, 11) is 10.6. The summed E-state index contributed by atoms with van der Waals surface area (Å²) >= 11 is 5.09. The van der Waals surface area contributed by atoms with Gasteiger partial charge in [-0.15, -0.1) is 28.3 Å². The summed E-state index contributed by atoms with van der Waals surface area (Å²) in [5, 5.41) is 0.705. The van der Waals surface area contributed by atoms with Crippen LogP contribution < -0.4 is 0 Å². The predicted octanol–water partition coefficient (Wildman–Crippen LogP) is 7.44. The molecule has 3 rings (SSSR count). The molecule has 6 heteroatoms. The van der Waals surface area contributed by atoms with Crippen molar-refractivity contribution in [2.45, 2.75) is 45.8 Å². The first kappa shape index (κ1) is 25.4. The summed E-state index contributed by atoms with van der Waals surface area (Å²) in [6.07, 6.45) is 0.964. The van der Waals surface area contributed by atoms with E-state index in [1.54, 1.807) is 0 Å². The van der Waals surface area contributed by atoms with E-state index in [0.717, 1.165) is 15.9 Å². The molecule has 0 unspecified atom stereocenters. The first-order valence-electron chi connectivity index (χ1n) is 7.92. The molecule has 0 aliphatic heterocycles. The van der Waals surface area contributed by atoms with Gasteiger partial charge in [-0.2, -0.15) is 18.2 Å². The van der Waals surface area contributed by atoms with Gasteiger partial charge in [0.1, 0.15) is 0 Å². The second-order valence-corrected chi connectivity index (χ2v) is 11.7. The molecule has 1 nitrogen and oxygen atoms in total. The monoisotopic (exact) mass is 490 g/mol. The topological polar surface area (TPSA) is 23.8 Å². The van der Waals surface area contributed by atoms with Crippen LogP contribution >= 0.6 is 28.6 Å². The Morgan fingerprint density at radius 2 is 1.52 bits per heavy atom. The molecule has 1 aliphatic rings. The second-order valence-electron chi connectivity index (χ2n) is 6.43. The van der Waals surface area contributed by atoms with Gasteiger partial charge in [-0.25, -0.2) is 0 Å². The second kappa shape index (κ2) is 13.5. The molecule has 0 saturated carbocycles. The van der Waals surface area contributed by atoms with Crippen molar-refractivity contribution in [2.75, 3.05) is 0 Å². The van der Waals surface area contributed by atoms with Crippen LogP contribution in [0.2, 0.25) is 18.1 Å². The molecule has 1 N–H and O–H groups in total. The molecule has 135 valence electrons. The third-order valence-corrected chi connectivity index (χ3v) is 2.89. The summed E-state index contributed by atoms with van der Waals surface area (Å²) in [6.45, 7) is 9.98. The minimum absolute atomic E-state index is 0.250. The molecule has 0 fully saturated rings. The summed E-state index contributed by atoms with van der Waals surface area (Å²) in [5.74, 6) is 0. The Labute approximate surface area is 179 Å². The molecule has 0 amide bonds. The van der Waals surface area contributed by atoms with Crippen molar-refractivity contribution in [3.63, 3.8) is 0 Å². The molecule has 25 heavy (non-hydrogen) atoms. The van der Waals surface area contributed by atoms with Gasteiger partial charge in [-0.3, -0.25) is 0 Å². The van der Waals surface area contributed by atoms with Gasteiger partial charge in [0, 0.05) is 9.52 Å². The summed E-state index contributed by atoms with van der Waals surface area (Å²) in [4.78, 5) is 0. The fourth-order valence-electron chi connectivity index (χ4n) is 2.03. The Morgan fingerprint density at radius 1 is 1.04 bits per heavy atom. The summed E-state index contributed by atoms with van der Waals surface area (Å²) in [5.41, 5.74) is 11.9. The third-order valence-electron chi connectivity index (χ3n) is 2.67. The van der Waals surface area contributed by atoms with Gasteiger partial charge in [0.05, 0.1) is 0 Å². The van der Waals surface area contributed by atoms with E-state index in [1.165, 1.54) is 22.3 Å². The van der Waals surface area contributed by atoms with Gasteiger partial charge in [-0.1, -0.05) is 74.3 Å². The number of rotatable bonds is 0. The van der Waals surface area contributed by atoms with Crippen molar-refractivity contribution >= 4 is 38.1 Å². The number of fused-ring (bicyclic) bond motifs is 3. The van der Waals surface area contributed by atoms with E-state index < -0.39 is 20.8 Å². The van der Waals surface area contributed by atoms with Crippen molar-refractivity contribution in [3.8, 4) is 11.1 Å². The molecule has 0 spiro atoms. The zero-order valence-corrected chi connectivity index (χ0v) is 21.3.